The summed E-state index contributed by atoms with van der Waals surface area (Å²) in [4.78, 5) is 9.35. The van der Waals surface area contributed by atoms with Crippen LogP contribution in [0.5, 0.6) is 11.5 Å². The van der Waals surface area contributed by atoms with E-state index in [-0.39, 0.29) is 0 Å². The molecule has 0 aliphatic carbocycles. The summed E-state index contributed by atoms with van der Waals surface area (Å²) in [5.74, 6) is 1.37. The minimum atomic E-state index is 0.677. The van der Waals surface area contributed by atoms with Gasteiger partial charge in [0, 0.05) is 24.5 Å². The Kier molecular flexibility index (Phi) is 4.88. The highest BCUT2D eigenvalue weighted by Gasteiger charge is 2.13. The molecule has 7 nitrogen and oxygen atoms in total. The predicted molar refractivity (Wildman–Crippen MR) is 106 cm³/mol. The van der Waals surface area contributed by atoms with Gasteiger partial charge in [-0.15, -0.1) is 5.10 Å². The van der Waals surface area contributed by atoms with Gasteiger partial charge in [-0.3, -0.25) is 4.98 Å². The normalized spacial score (nSPS) is 10.9. The SMILES string of the molecule is COc1ccc(-c2cnc3sc(NCCc4ccncc4)nn23)cc1OC. The van der Waals surface area contributed by atoms with Crippen molar-refractivity contribution >= 4 is 21.4 Å². The zero-order valence-corrected chi connectivity index (χ0v) is 15.9. The van der Waals surface area contributed by atoms with Gasteiger partial charge >= 0.3 is 0 Å². The number of benzene rings is 1. The Bertz CT molecular complexity index is 1040. The average Bonchev–Trinajstić information content (AvgIpc) is 3.28. The standard InChI is InChI=1S/C19H19N5O2S/c1-25-16-4-3-14(11-17(16)26-2)15-12-22-19-24(15)23-18(27-19)21-10-7-13-5-8-20-9-6-13/h3-6,8-9,11-12H,7,10H2,1-2H3,(H,21,23). The number of methoxy groups -OCH3 is 2. The average molecular weight is 381 g/mol. The summed E-state index contributed by atoms with van der Waals surface area (Å²) >= 11 is 1.53. The number of aromatic nitrogens is 4. The third-order valence-corrected chi connectivity index (χ3v) is 5.08. The van der Waals surface area contributed by atoms with Crippen LogP contribution in [0, 0.1) is 0 Å². The Hall–Kier alpha value is -3.13. The largest absolute Gasteiger partial charge is 0.493 e. The quantitative estimate of drug-likeness (QED) is 0.528. The molecule has 0 atom stereocenters. The number of fused-ring (bicyclic) bond motifs is 1. The van der Waals surface area contributed by atoms with Crippen LogP contribution in [0.25, 0.3) is 16.2 Å². The summed E-state index contributed by atoms with van der Waals surface area (Å²) in [7, 11) is 3.25. The summed E-state index contributed by atoms with van der Waals surface area (Å²) in [5.41, 5.74) is 3.11. The van der Waals surface area contributed by atoms with Crippen LogP contribution in [0.2, 0.25) is 0 Å². The first-order chi connectivity index (χ1) is 13.3. The van der Waals surface area contributed by atoms with Gasteiger partial charge in [-0.1, -0.05) is 11.3 Å². The minimum absolute atomic E-state index is 0.677. The van der Waals surface area contributed by atoms with Crippen molar-refractivity contribution in [2.24, 2.45) is 0 Å². The Morgan fingerprint density at radius 3 is 2.67 bits per heavy atom. The van der Waals surface area contributed by atoms with E-state index in [1.54, 1.807) is 14.2 Å². The van der Waals surface area contributed by atoms with Gasteiger partial charge in [0.25, 0.3) is 0 Å². The zero-order valence-electron chi connectivity index (χ0n) is 15.0. The first kappa shape index (κ1) is 17.3. The Morgan fingerprint density at radius 2 is 1.89 bits per heavy atom. The second kappa shape index (κ2) is 7.63. The summed E-state index contributed by atoms with van der Waals surface area (Å²) in [5, 5.41) is 8.87. The van der Waals surface area contributed by atoms with E-state index in [9.17, 15) is 0 Å². The van der Waals surface area contributed by atoms with Gasteiger partial charge in [-0.25, -0.2) is 9.50 Å². The smallest absolute Gasteiger partial charge is 0.214 e. The van der Waals surface area contributed by atoms with Gasteiger partial charge in [-0.2, -0.15) is 0 Å². The summed E-state index contributed by atoms with van der Waals surface area (Å²) in [6.45, 7) is 0.798. The maximum Gasteiger partial charge on any atom is 0.214 e. The highest BCUT2D eigenvalue weighted by Crippen LogP contribution is 2.33. The molecule has 0 spiro atoms. The van der Waals surface area contributed by atoms with Crippen molar-refractivity contribution in [2.45, 2.75) is 6.42 Å². The van der Waals surface area contributed by atoms with Crippen molar-refractivity contribution in [1.82, 2.24) is 19.6 Å². The van der Waals surface area contributed by atoms with Crippen molar-refractivity contribution in [1.29, 1.82) is 0 Å². The molecule has 0 bridgehead atoms. The van der Waals surface area contributed by atoms with Crippen molar-refractivity contribution in [2.75, 3.05) is 26.1 Å². The first-order valence-corrected chi connectivity index (χ1v) is 9.30. The van der Waals surface area contributed by atoms with Crippen LogP contribution in [0.3, 0.4) is 0 Å². The number of nitrogens with zero attached hydrogens (tertiary/aromatic N) is 4. The number of anilines is 1. The van der Waals surface area contributed by atoms with E-state index in [2.05, 4.69) is 20.4 Å². The third kappa shape index (κ3) is 3.56. The van der Waals surface area contributed by atoms with Gasteiger partial charge < -0.3 is 14.8 Å². The van der Waals surface area contributed by atoms with E-state index in [0.29, 0.717) is 11.5 Å². The number of rotatable bonds is 7. The van der Waals surface area contributed by atoms with Crippen molar-refractivity contribution in [3.8, 4) is 22.8 Å². The molecular weight excluding hydrogens is 362 g/mol. The Balaban J connectivity index is 1.54. The molecule has 0 unspecified atom stereocenters. The van der Waals surface area contributed by atoms with E-state index in [0.717, 1.165) is 34.3 Å². The van der Waals surface area contributed by atoms with E-state index in [1.807, 2.05) is 53.4 Å². The lowest BCUT2D eigenvalue weighted by atomic mass is 10.1. The molecule has 138 valence electrons. The second-order valence-corrected chi connectivity index (χ2v) is 6.80. The number of nitrogens with one attached hydrogen (secondary N) is 1. The number of pyridine rings is 1. The topological polar surface area (TPSA) is 73.6 Å². The highest BCUT2D eigenvalue weighted by molar-refractivity contribution is 7.20. The number of hydrogen-bond donors (Lipinski definition) is 1. The van der Waals surface area contributed by atoms with E-state index in [4.69, 9.17) is 9.47 Å². The predicted octanol–water partition coefficient (Wildman–Crippen LogP) is 3.52. The Morgan fingerprint density at radius 1 is 1.07 bits per heavy atom. The summed E-state index contributed by atoms with van der Waals surface area (Å²) in [6.07, 6.45) is 6.35. The van der Waals surface area contributed by atoms with Crippen LogP contribution in [0.1, 0.15) is 5.56 Å². The molecule has 0 amide bonds. The van der Waals surface area contributed by atoms with Gasteiger partial charge in [-0.05, 0) is 42.3 Å². The fourth-order valence-corrected chi connectivity index (χ4v) is 3.62. The van der Waals surface area contributed by atoms with Gasteiger partial charge in [0.15, 0.2) is 11.5 Å². The fourth-order valence-electron chi connectivity index (χ4n) is 2.82. The van der Waals surface area contributed by atoms with E-state index in [1.165, 1.54) is 16.9 Å². The summed E-state index contributed by atoms with van der Waals surface area (Å²) < 4.78 is 12.6. The molecule has 0 aliphatic heterocycles. The molecule has 1 N–H and O–H groups in total. The van der Waals surface area contributed by atoms with E-state index >= 15 is 0 Å². The van der Waals surface area contributed by atoms with Crippen LogP contribution in [-0.4, -0.2) is 40.3 Å². The van der Waals surface area contributed by atoms with Crippen molar-refractivity contribution in [3.05, 3.63) is 54.5 Å². The lowest BCUT2D eigenvalue weighted by Crippen LogP contribution is -2.05. The zero-order chi connectivity index (χ0) is 18.6. The molecule has 1 aromatic carbocycles. The van der Waals surface area contributed by atoms with E-state index < -0.39 is 0 Å². The third-order valence-electron chi connectivity index (χ3n) is 4.20. The monoisotopic (exact) mass is 381 g/mol. The molecule has 0 radical (unpaired) electrons. The maximum atomic E-state index is 5.40. The van der Waals surface area contributed by atoms with Crippen LogP contribution in [-0.2, 0) is 6.42 Å². The van der Waals surface area contributed by atoms with Crippen LogP contribution >= 0.6 is 11.3 Å². The molecule has 4 aromatic rings. The number of imidazole rings is 1. The molecule has 4 rings (SSSR count). The van der Waals surface area contributed by atoms with Gasteiger partial charge in [0.1, 0.15) is 0 Å². The minimum Gasteiger partial charge on any atom is -0.493 e. The fraction of sp³-hybridized carbons (Fsp3) is 0.211. The maximum absolute atomic E-state index is 5.40. The molecule has 3 aromatic heterocycles. The van der Waals surface area contributed by atoms with Crippen molar-refractivity contribution in [3.63, 3.8) is 0 Å². The molecular formula is C19H19N5O2S. The first-order valence-electron chi connectivity index (χ1n) is 8.48. The van der Waals surface area contributed by atoms with Crippen LogP contribution < -0.4 is 14.8 Å². The molecule has 3 heterocycles. The molecule has 0 saturated heterocycles. The lowest BCUT2D eigenvalue weighted by Gasteiger charge is -2.08. The van der Waals surface area contributed by atoms with Crippen LogP contribution in [0.15, 0.2) is 48.9 Å². The molecule has 0 fully saturated rings. The molecule has 27 heavy (non-hydrogen) atoms. The highest BCUT2D eigenvalue weighted by atomic mass is 32.1. The van der Waals surface area contributed by atoms with Crippen molar-refractivity contribution < 1.29 is 9.47 Å². The number of hydrogen-bond acceptors (Lipinski definition) is 7. The molecule has 0 saturated carbocycles. The number of ether oxygens (including phenoxy) is 2. The van der Waals surface area contributed by atoms with Gasteiger partial charge in [0.05, 0.1) is 26.1 Å². The Labute approximate surface area is 160 Å². The molecule has 8 heteroatoms. The van der Waals surface area contributed by atoms with Gasteiger partial charge in [0.2, 0.25) is 10.1 Å². The summed E-state index contributed by atoms with van der Waals surface area (Å²) in [6, 6.07) is 9.82. The second-order valence-electron chi connectivity index (χ2n) is 5.85. The molecule has 0 aliphatic rings. The lowest BCUT2D eigenvalue weighted by molar-refractivity contribution is 0.355. The van der Waals surface area contributed by atoms with Crippen LogP contribution in [0.4, 0.5) is 5.13 Å².